The number of anilines is 1. The minimum absolute atomic E-state index is 0.328. The second kappa shape index (κ2) is 7.33. The highest BCUT2D eigenvalue weighted by Crippen LogP contribution is 2.15. The Morgan fingerprint density at radius 1 is 1.23 bits per heavy atom. The van der Waals surface area contributed by atoms with Crippen LogP contribution in [0.5, 0.6) is 0 Å². The highest BCUT2D eigenvalue weighted by Gasteiger charge is 2.14. The number of aryl methyl sites for hydroxylation is 1. The van der Waals surface area contributed by atoms with Gasteiger partial charge in [0, 0.05) is 32.5 Å². The van der Waals surface area contributed by atoms with Crippen LogP contribution in [0.4, 0.5) is 5.69 Å². The summed E-state index contributed by atoms with van der Waals surface area (Å²) in [7, 11) is -1.14. The summed E-state index contributed by atoms with van der Waals surface area (Å²) < 4.78 is 11.4. The van der Waals surface area contributed by atoms with E-state index in [0.717, 1.165) is 10.4 Å². The maximum Gasteiger partial charge on any atom is 0.313 e. The lowest BCUT2D eigenvalue weighted by Gasteiger charge is -2.07. The molecule has 22 heavy (non-hydrogen) atoms. The van der Waals surface area contributed by atoms with Crippen molar-refractivity contribution in [3.05, 3.63) is 46.2 Å². The molecule has 2 rings (SSSR count). The molecule has 7 heteroatoms. The number of rotatable bonds is 4. The van der Waals surface area contributed by atoms with Gasteiger partial charge in [0.2, 0.25) is 0 Å². The van der Waals surface area contributed by atoms with E-state index in [1.54, 1.807) is 30.5 Å². The van der Waals surface area contributed by atoms with E-state index in [9.17, 15) is 13.8 Å². The van der Waals surface area contributed by atoms with Crippen molar-refractivity contribution in [1.82, 2.24) is 5.32 Å². The van der Waals surface area contributed by atoms with Gasteiger partial charge in [-0.1, -0.05) is 6.07 Å². The Balaban J connectivity index is 1.94. The molecule has 1 atom stereocenters. The van der Waals surface area contributed by atoms with E-state index >= 15 is 0 Å². The maximum absolute atomic E-state index is 11.8. The van der Waals surface area contributed by atoms with Crippen molar-refractivity contribution in [3.63, 3.8) is 0 Å². The Morgan fingerprint density at radius 3 is 2.64 bits per heavy atom. The molecule has 0 fully saturated rings. The summed E-state index contributed by atoms with van der Waals surface area (Å²) in [6, 6.07) is 8.57. The molecule has 0 saturated carbocycles. The summed E-state index contributed by atoms with van der Waals surface area (Å²) in [5.41, 5.74) is 1.53. The number of nitrogens with one attached hydrogen (secondary N) is 2. The van der Waals surface area contributed by atoms with Gasteiger partial charge >= 0.3 is 11.8 Å². The van der Waals surface area contributed by atoms with Gasteiger partial charge in [-0.05, 0) is 42.1 Å². The van der Waals surface area contributed by atoms with Crippen molar-refractivity contribution in [1.29, 1.82) is 0 Å². The van der Waals surface area contributed by atoms with Gasteiger partial charge in [0.15, 0.2) is 0 Å². The van der Waals surface area contributed by atoms with Gasteiger partial charge in [0.1, 0.15) is 0 Å². The lowest BCUT2D eigenvalue weighted by Crippen LogP contribution is -2.34. The van der Waals surface area contributed by atoms with Gasteiger partial charge in [0.05, 0.1) is 6.54 Å². The molecule has 0 spiro atoms. The predicted octanol–water partition coefficient (Wildman–Crippen LogP) is 2.05. The third kappa shape index (κ3) is 4.25. The van der Waals surface area contributed by atoms with Crippen LogP contribution in [0.2, 0.25) is 0 Å². The molecule has 0 radical (unpaired) electrons. The van der Waals surface area contributed by atoms with Crippen LogP contribution in [0.3, 0.4) is 0 Å². The van der Waals surface area contributed by atoms with Crippen LogP contribution in [0.25, 0.3) is 0 Å². The summed E-state index contributed by atoms with van der Waals surface area (Å²) in [4.78, 5) is 25.2. The Bertz CT molecular complexity index is 725. The monoisotopic (exact) mass is 336 g/mol. The number of thiophene rings is 1. The maximum atomic E-state index is 11.8. The molecule has 2 amide bonds. The number of hydrogen-bond donors (Lipinski definition) is 2. The zero-order valence-corrected chi connectivity index (χ0v) is 13.8. The smallest absolute Gasteiger partial charge is 0.313 e. The van der Waals surface area contributed by atoms with E-state index in [0.29, 0.717) is 17.1 Å². The first-order chi connectivity index (χ1) is 10.5. The zero-order chi connectivity index (χ0) is 16.1. The van der Waals surface area contributed by atoms with Crippen molar-refractivity contribution in [2.24, 2.45) is 0 Å². The Kier molecular flexibility index (Phi) is 5.46. The van der Waals surface area contributed by atoms with Crippen molar-refractivity contribution in [3.8, 4) is 0 Å². The fraction of sp³-hybridized carbons (Fsp3) is 0.200. The second-order valence-corrected chi connectivity index (χ2v) is 7.03. The number of hydrogen-bond acceptors (Lipinski definition) is 4. The second-order valence-electron chi connectivity index (χ2n) is 4.65. The van der Waals surface area contributed by atoms with E-state index in [-0.39, 0.29) is 0 Å². The van der Waals surface area contributed by atoms with Crippen LogP contribution in [0.15, 0.2) is 40.6 Å². The fourth-order valence-electron chi connectivity index (χ4n) is 1.77. The number of carbonyl (C=O) groups is 2. The van der Waals surface area contributed by atoms with Gasteiger partial charge in [0.25, 0.3) is 0 Å². The zero-order valence-electron chi connectivity index (χ0n) is 12.2. The van der Waals surface area contributed by atoms with Crippen molar-refractivity contribution in [2.45, 2.75) is 18.4 Å². The molecular formula is C15H16N2O3S2. The van der Waals surface area contributed by atoms with Crippen LogP contribution in [0, 0.1) is 6.92 Å². The Morgan fingerprint density at radius 2 is 2.00 bits per heavy atom. The molecule has 5 nitrogen and oxygen atoms in total. The lowest BCUT2D eigenvalue weighted by molar-refractivity contribution is -0.136. The average Bonchev–Trinajstić information content (AvgIpc) is 2.90. The highest BCUT2D eigenvalue weighted by molar-refractivity contribution is 7.84. The van der Waals surface area contributed by atoms with Gasteiger partial charge < -0.3 is 10.6 Å². The SMILES string of the molecule is Cc1ccsc1CNC(=O)C(=O)Nc1cccc(S(C)=O)c1. The number of carbonyl (C=O) groups excluding carboxylic acids is 2. The van der Waals surface area contributed by atoms with Gasteiger partial charge in [-0.3, -0.25) is 13.8 Å². The Labute approximate surface area is 135 Å². The summed E-state index contributed by atoms with van der Waals surface area (Å²) in [5.74, 6) is -1.44. The van der Waals surface area contributed by atoms with Crippen LogP contribution in [-0.4, -0.2) is 22.3 Å². The van der Waals surface area contributed by atoms with Crippen molar-refractivity contribution in [2.75, 3.05) is 11.6 Å². The molecule has 0 aliphatic carbocycles. The molecule has 2 aromatic rings. The minimum atomic E-state index is -1.14. The third-order valence-corrected chi connectivity index (χ3v) is 4.95. The van der Waals surface area contributed by atoms with Crippen LogP contribution < -0.4 is 10.6 Å². The predicted molar refractivity (Wildman–Crippen MR) is 88.3 cm³/mol. The van der Waals surface area contributed by atoms with Crippen LogP contribution in [0.1, 0.15) is 10.4 Å². The molecule has 0 aliphatic heterocycles. The molecule has 0 saturated heterocycles. The summed E-state index contributed by atoms with van der Waals surface area (Å²) in [5, 5.41) is 7.02. The number of amides is 2. The molecular weight excluding hydrogens is 320 g/mol. The summed E-state index contributed by atoms with van der Waals surface area (Å²) in [6.45, 7) is 2.28. The van der Waals surface area contributed by atoms with E-state index in [2.05, 4.69) is 10.6 Å². The number of benzene rings is 1. The highest BCUT2D eigenvalue weighted by atomic mass is 32.2. The molecule has 116 valence electrons. The molecule has 0 aliphatic rings. The van der Waals surface area contributed by atoms with E-state index in [4.69, 9.17) is 0 Å². The van der Waals surface area contributed by atoms with Crippen LogP contribution in [-0.2, 0) is 26.9 Å². The van der Waals surface area contributed by atoms with Gasteiger partial charge in [-0.15, -0.1) is 11.3 Å². The summed E-state index contributed by atoms with van der Waals surface area (Å²) >= 11 is 1.53. The first kappa shape index (κ1) is 16.4. The van der Waals surface area contributed by atoms with Gasteiger partial charge in [-0.25, -0.2) is 0 Å². The van der Waals surface area contributed by atoms with Gasteiger partial charge in [-0.2, -0.15) is 0 Å². The topological polar surface area (TPSA) is 75.3 Å². The normalized spacial score (nSPS) is 11.7. The van der Waals surface area contributed by atoms with E-state index in [1.807, 2.05) is 18.4 Å². The molecule has 1 unspecified atom stereocenters. The van der Waals surface area contributed by atoms with E-state index < -0.39 is 22.6 Å². The van der Waals surface area contributed by atoms with E-state index in [1.165, 1.54) is 11.3 Å². The van der Waals surface area contributed by atoms with Crippen molar-refractivity contribution >= 4 is 39.6 Å². The summed E-state index contributed by atoms with van der Waals surface area (Å²) in [6.07, 6.45) is 1.55. The average molecular weight is 336 g/mol. The molecule has 1 aromatic heterocycles. The van der Waals surface area contributed by atoms with Crippen LogP contribution >= 0.6 is 11.3 Å². The largest absolute Gasteiger partial charge is 0.343 e. The minimum Gasteiger partial charge on any atom is -0.343 e. The molecule has 1 aromatic carbocycles. The first-order valence-electron chi connectivity index (χ1n) is 6.53. The van der Waals surface area contributed by atoms with Crippen molar-refractivity contribution < 1.29 is 13.8 Å². The molecule has 1 heterocycles. The molecule has 0 bridgehead atoms. The Hall–Kier alpha value is -1.99. The molecule has 2 N–H and O–H groups in total. The first-order valence-corrected chi connectivity index (χ1v) is 8.97. The standard InChI is InChI=1S/C15H16N2O3S2/c1-10-6-7-21-13(10)9-16-14(18)15(19)17-11-4-3-5-12(8-11)22(2)20/h3-8H,9H2,1-2H3,(H,16,18)(H,17,19). The fourth-order valence-corrected chi connectivity index (χ4v) is 3.18. The third-order valence-electron chi connectivity index (χ3n) is 3.01. The lowest BCUT2D eigenvalue weighted by atomic mass is 10.3. The quantitative estimate of drug-likeness (QED) is 0.839.